The van der Waals surface area contributed by atoms with Crippen molar-refractivity contribution in [1.82, 2.24) is 26.6 Å². The Morgan fingerprint density at radius 1 is 0.375 bits per heavy atom. The first-order valence-electron chi connectivity index (χ1n) is 28.3. The van der Waals surface area contributed by atoms with E-state index in [1.807, 2.05) is 0 Å². The quantitative estimate of drug-likeness (QED) is 0.0199. The number of unbranched alkanes of at least 4 members (excludes halogenated alkanes) is 25. The van der Waals surface area contributed by atoms with E-state index >= 15 is 0 Å². The molecule has 4 atom stereocenters. The minimum absolute atomic E-state index is 0.0464. The van der Waals surface area contributed by atoms with Gasteiger partial charge in [0.1, 0.15) is 24.2 Å². The number of carbonyl (C=O) groups is 6. The van der Waals surface area contributed by atoms with E-state index in [2.05, 4.69) is 50.4 Å². The average Bonchev–Trinajstić information content (AvgIpc) is 3.34. The Hall–Kier alpha value is -4.68. The molecule has 19 heteroatoms. The maximum atomic E-state index is 14.2. The summed E-state index contributed by atoms with van der Waals surface area (Å²) in [6, 6.07) is -4.62. The van der Waals surface area contributed by atoms with Gasteiger partial charge in [0.25, 0.3) is 0 Å². The summed E-state index contributed by atoms with van der Waals surface area (Å²) in [4.78, 5) is 88.8. The fraction of sp³-hybridized carbons (Fsp3) is 0.849. The summed E-state index contributed by atoms with van der Waals surface area (Å²) in [6.45, 7) is 4.97. The molecule has 17 N–H and O–H groups in total. The number of carbonyl (C=O) groups excluding carboxylic acids is 6. The van der Waals surface area contributed by atoms with E-state index in [1.54, 1.807) is 0 Å². The van der Waals surface area contributed by atoms with Gasteiger partial charge in [-0.25, -0.2) is 0 Å². The molecule has 0 aliphatic heterocycles. The maximum Gasteiger partial charge on any atom is 0.245 e. The zero-order valence-electron chi connectivity index (χ0n) is 45.2. The van der Waals surface area contributed by atoms with Crippen LogP contribution in [0.15, 0.2) is 9.98 Å². The van der Waals surface area contributed by atoms with Crippen molar-refractivity contribution in [3.05, 3.63) is 0 Å². The standard InChI is InChI=1S/C53H105N13O6/c1-3-5-7-9-11-13-15-17-19-21-23-25-27-36-46(67)62-41-45(63-47(68)37-28-26-24-22-20-18-16-14-12-10-8-6-4-2)51(72)66-44(35-32-40-61-53(58)59)50(71)65-43(34-31-39-60-52(56)57)49(70)64-42(48(55)69)33-29-30-38-54/h42-45H,3-41,54H2,1-2H3,(H2,55,69)(H,62,67)(H,63,68)(H,64,70)(H,65,71)(H,66,72)(H4,56,57,60)(H4,58,59,61). The summed E-state index contributed by atoms with van der Waals surface area (Å²) in [5, 5.41) is 13.8. The van der Waals surface area contributed by atoms with Crippen LogP contribution < -0.4 is 61.0 Å². The molecule has 0 rings (SSSR count). The van der Waals surface area contributed by atoms with Crippen LogP contribution in [0.2, 0.25) is 0 Å². The van der Waals surface area contributed by atoms with Crippen molar-refractivity contribution in [3.8, 4) is 0 Å². The van der Waals surface area contributed by atoms with Gasteiger partial charge in [-0.1, -0.05) is 168 Å². The molecule has 72 heavy (non-hydrogen) atoms. The highest BCUT2D eigenvalue weighted by molar-refractivity contribution is 5.95. The van der Waals surface area contributed by atoms with Crippen LogP contribution in [-0.2, 0) is 28.8 Å². The molecule has 0 aromatic heterocycles. The molecule has 6 amide bonds. The number of hydrogen-bond donors (Lipinski definition) is 11. The molecule has 0 spiro atoms. The van der Waals surface area contributed by atoms with Gasteiger partial charge < -0.3 is 61.0 Å². The number of guanidine groups is 2. The van der Waals surface area contributed by atoms with Crippen molar-refractivity contribution < 1.29 is 28.8 Å². The second-order valence-electron chi connectivity index (χ2n) is 19.7. The molecule has 0 bridgehead atoms. The first kappa shape index (κ1) is 67.3. The van der Waals surface area contributed by atoms with E-state index in [-0.39, 0.29) is 88.3 Å². The van der Waals surface area contributed by atoms with Crippen molar-refractivity contribution in [2.75, 3.05) is 26.2 Å². The van der Waals surface area contributed by atoms with Gasteiger partial charge in [0.2, 0.25) is 35.4 Å². The van der Waals surface area contributed by atoms with Crippen LogP contribution in [-0.4, -0.2) is 97.7 Å². The fourth-order valence-electron chi connectivity index (χ4n) is 8.53. The predicted molar refractivity (Wildman–Crippen MR) is 293 cm³/mol. The van der Waals surface area contributed by atoms with Crippen LogP contribution in [0.25, 0.3) is 0 Å². The zero-order chi connectivity index (χ0) is 53.5. The number of hydrogen-bond acceptors (Lipinski definition) is 9. The van der Waals surface area contributed by atoms with Gasteiger partial charge >= 0.3 is 0 Å². The highest BCUT2D eigenvalue weighted by atomic mass is 16.2. The molecule has 4 unspecified atom stereocenters. The maximum absolute atomic E-state index is 14.2. The van der Waals surface area contributed by atoms with Crippen LogP contribution in [0.4, 0.5) is 0 Å². The summed E-state index contributed by atoms with van der Waals surface area (Å²) in [5.41, 5.74) is 33.3. The molecule has 0 aliphatic carbocycles. The molecule has 0 radical (unpaired) electrons. The van der Waals surface area contributed by atoms with Gasteiger partial charge in [0.15, 0.2) is 11.9 Å². The number of amides is 6. The van der Waals surface area contributed by atoms with Crippen molar-refractivity contribution in [2.24, 2.45) is 44.4 Å². The lowest BCUT2D eigenvalue weighted by Gasteiger charge is -2.26. The SMILES string of the molecule is CCCCCCCCCCCCCCCC(=O)NCC(NC(=O)CCCCCCCCCCCCCCC)C(=O)NC(CCCN=C(N)N)C(=O)NC(CCCN=C(N)N)C(=O)NC(CCCCN)C(N)=O. The van der Waals surface area contributed by atoms with Gasteiger partial charge in [-0.05, 0) is 64.3 Å². The third-order valence-electron chi connectivity index (χ3n) is 12.9. The molecule has 418 valence electrons. The first-order chi connectivity index (χ1) is 34.7. The lowest BCUT2D eigenvalue weighted by Crippen LogP contribution is -2.59. The fourth-order valence-corrected chi connectivity index (χ4v) is 8.53. The van der Waals surface area contributed by atoms with Crippen LogP contribution in [0.1, 0.15) is 239 Å². The number of primary amides is 1. The van der Waals surface area contributed by atoms with E-state index < -0.39 is 47.8 Å². The van der Waals surface area contributed by atoms with Crippen LogP contribution in [0.3, 0.4) is 0 Å². The largest absolute Gasteiger partial charge is 0.370 e. The second-order valence-corrected chi connectivity index (χ2v) is 19.7. The highest BCUT2D eigenvalue weighted by Gasteiger charge is 2.31. The molecular formula is C53H105N13O6. The van der Waals surface area contributed by atoms with Crippen molar-refractivity contribution in [3.63, 3.8) is 0 Å². The number of nitrogens with one attached hydrogen (secondary N) is 5. The van der Waals surface area contributed by atoms with Gasteiger partial charge in [0.05, 0.1) is 0 Å². The van der Waals surface area contributed by atoms with E-state index in [1.165, 1.54) is 116 Å². The Morgan fingerprint density at radius 3 is 1.07 bits per heavy atom. The zero-order valence-corrected chi connectivity index (χ0v) is 45.2. The van der Waals surface area contributed by atoms with Gasteiger partial charge in [-0.2, -0.15) is 0 Å². The second kappa shape index (κ2) is 47.3. The molecule has 0 aromatic carbocycles. The Morgan fingerprint density at radius 2 is 0.708 bits per heavy atom. The Labute approximate surface area is 434 Å². The molecular weight excluding hydrogens is 915 g/mol. The van der Waals surface area contributed by atoms with Crippen molar-refractivity contribution in [1.29, 1.82) is 0 Å². The summed E-state index contributed by atoms with van der Waals surface area (Å²) in [7, 11) is 0. The minimum atomic E-state index is -1.22. The van der Waals surface area contributed by atoms with Crippen molar-refractivity contribution in [2.45, 2.75) is 263 Å². The lowest BCUT2D eigenvalue weighted by molar-refractivity contribution is -0.134. The molecule has 0 aromatic rings. The number of aliphatic imine (C=N–C) groups is 2. The van der Waals surface area contributed by atoms with E-state index in [4.69, 9.17) is 34.4 Å². The third-order valence-corrected chi connectivity index (χ3v) is 12.9. The predicted octanol–water partition coefficient (Wildman–Crippen LogP) is 5.73. The number of nitrogens with two attached hydrogens (primary N) is 6. The van der Waals surface area contributed by atoms with E-state index in [0.29, 0.717) is 32.2 Å². The monoisotopic (exact) mass is 1020 g/mol. The molecule has 0 fully saturated rings. The normalized spacial score (nSPS) is 12.7. The van der Waals surface area contributed by atoms with Gasteiger partial charge in [-0.3, -0.25) is 38.8 Å². The number of rotatable bonds is 50. The average molecular weight is 1020 g/mol. The Balaban J connectivity index is 5.90. The third kappa shape index (κ3) is 40.9. The van der Waals surface area contributed by atoms with Crippen LogP contribution >= 0.6 is 0 Å². The topological polar surface area (TPSA) is 343 Å². The van der Waals surface area contributed by atoms with Gasteiger partial charge in [0, 0.05) is 32.5 Å². The van der Waals surface area contributed by atoms with E-state index in [0.717, 1.165) is 38.5 Å². The van der Waals surface area contributed by atoms with Crippen LogP contribution in [0.5, 0.6) is 0 Å². The van der Waals surface area contributed by atoms with Crippen molar-refractivity contribution >= 4 is 47.4 Å². The smallest absolute Gasteiger partial charge is 0.245 e. The first-order valence-corrected chi connectivity index (χ1v) is 28.3. The molecule has 19 nitrogen and oxygen atoms in total. The summed E-state index contributed by atoms with van der Waals surface area (Å²) in [5.74, 6) is -3.68. The molecule has 0 heterocycles. The molecule has 0 saturated heterocycles. The Kier molecular flexibility index (Phi) is 44.3. The minimum Gasteiger partial charge on any atom is -0.370 e. The number of nitrogens with zero attached hydrogens (tertiary/aromatic N) is 2. The van der Waals surface area contributed by atoms with E-state index in [9.17, 15) is 28.8 Å². The summed E-state index contributed by atoms with van der Waals surface area (Å²) in [6.07, 6.45) is 33.1. The van der Waals surface area contributed by atoms with Crippen LogP contribution in [0, 0.1) is 0 Å². The highest BCUT2D eigenvalue weighted by Crippen LogP contribution is 2.15. The Bertz CT molecular complexity index is 1490. The summed E-state index contributed by atoms with van der Waals surface area (Å²) >= 11 is 0. The summed E-state index contributed by atoms with van der Waals surface area (Å²) < 4.78 is 0. The lowest BCUT2D eigenvalue weighted by atomic mass is 10.0. The molecule has 0 saturated carbocycles. The van der Waals surface area contributed by atoms with Gasteiger partial charge in [-0.15, -0.1) is 0 Å². The molecule has 0 aliphatic rings.